The third-order valence-corrected chi connectivity index (χ3v) is 3.71. The number of amides is 1. The van der Waals surface area contributed by atoms with E-state index in [1.54, 1.807) is 30.3 Å². The van der Waals surface area contributed by atoms with Gasteiger partial charge in [-0.3, -0.25) is 9.59 Å². The standard InChI is InChI=1S/C15H16F3NO4/c16-15(17,18)9-23-8-13(20)19-6-11(12(7-19)14(21)22)10-4-2-1-3-5-10/h1-5,11-12H,6-9H2,(H,21,22). The molecule has 0 saturated carbocycles. The summed E-state index contributed by atoms with van der Waals surface area (Å²) in [5.41, 5.74) is 0.784. The van der Waals surface area contributed by atoms with Crippen molar-refractivity contribution in [3.63, 3.8) is 0 Å². The van der Waals surface area contributed by atoms with Crippen molar-refractivity contribution in [2.75, 3.05) is 26.3 Å². The van der Waals surface area contributed by atoms with Crippen LogP contribution in [-0.4, -0.2) is 54.4 Å². The van der Waals surface area contributed by atoms with Crippen LogP contribution in [0.1, 0.15) is 11.5 Å². The van der Waals surface area contributed by atoms with Crippen LogP contribution in [0.3, 0.4) is 0 Å². The fraction of sp³-hybridized carbons (Fsp3) is 0.467. The zero-order valence-corrected chi connectivity index (χ0v) is 12.1. The first kappa shape index (κ1) is 17.3. The molecule has 0 bridgehead atoms. The molecular weight excluding hydrogens is 315 g/mol. The predicted molar refractivity (Wildman–Crippen MR) is 73.8 cm³/mol. The van der Waals surface area contributed by atoms with Crippen LogP contribution >= 0.6 is 0 Å². The van der Waals surface area contributed by atoms with Crippen LogP contribution in [0.25, 0.3) is 0 Å². The average molecular weight is 331 g/mol. The molecule has 0 aliphatic carbocycles. The molecule has 1 amide bonds. The van der Waals surface area contributed by atoms with E-state index < -0.39 is 37.2 Å². The first-order chi connectivity index (χ1) is 10.8. The Hall–Kier alpha value is -2.09. The third kappa shape index (κ3) is 4.69. The number of hydrogen-bond donors (Lipinski definition) is 1. The van der Waals surface area contributed by atoms with E-state index in [-0.39, 0.29) is 19.0 Å². The molecule has 2 atom stereocenters. The van der Waals surface area contributed by atoms with E-state index in [2.05, 4.69) is 4.74 Å². The number of hydrogen-bond acceptors (Lipinski definition) is 3. The summed E-state index contributed by atoms with van der Waals surface area (Å²) >= 11 is 0. The lowest BCUT2D eigenvalue weighted by Crippen LogP contribution is -2.34. The van der Waals surface area contributed by atoms with Gasteiger partial charge in [-0.1, -0.05) is 30.3 Å². The lowest BCUT2D eigenvalue weighted by molar-refractivity contribution is -0.177. The molecule has 1 aromatic carbocycles. The molecule has 1 fully saturated rings. The summed E-state index contributed by atoms with van der Waals surface area (Å²) in [6.07, 6.45) is -4.50. The molecule has 0 aromatic heterocycles. The van der Waals surface area contributed by atoms with E-state index in [0.29, 0.717) is 0 Å². The Bertz CT molecular complexity index is 562. The summed E-state index contributed by atoms with van der Waals surface area (Å²) in [6, 6.07) is 8.88. The fourth-order valence-electron chi connectivity index (χ4n) is 2.64. The molecule has 1 saturated heterocycles. The van der Waals surface area contributed by atoms with Crippen LogP contribution < -0.4 is 0 Å². The molecule has 1 heterocycles. The fourth-order valence-corrected chi connectivity index (χ4v) is 2.64. The molecular formula is C15H16F3NO4. The highest BCUT2D eigenvalue weighted by molar-refractivity contribution is 5.80. The average Bonchev–Trinajstić information content (AvgIpc) is 2.92. The van der Waals surface area contributed by atoms with Crippen LogP contribution in [0.15, 0.2) is 30.3 Å². The van der Waals surface area contributed by atoms with Crippen molar-refractivity contribution < 1.29 is 32.6 Å². The van der Waals surface area contributed by atoms with Gasteiger partial charge in [-0.05, 0) is 5.56 Å². The topological polar surface area (TPSA) is 66.8 Å². The first-order valence-corrected chi connectivity index (χ1v) is 6.98. The van der Waals surface area contributed by atoms with Crippen LogP contribution in [0.2, 0.25) is 0 Å². The van der Waals surface area contributed by atoms with Crippen LogP contribution in [0, 0.1) is 5.92 Å². The molecule has 23 heavy (non-hydrogen) atoms. The van der Waals surface area contributed by atoms with Crippen LogP contribution in [-0.2, 0) is 14.3 Å². The number of alkyl halides is 3. The lowest BCUT2D eigenvalue weighted by Gasteiger charge is -2.17. The minimum atomic E-state index is -4.50. The van der Waals surface area contributed by atoms with Gasteiger partial charge in [0.05, 0.1) is 5.92 Å². The molecule has 0 radical (unpaired) electrons. The van der Waals surface area contributed by atoms with Crippen molar-refractivity contribution in [2.45, 2.75) is 12.1 Å². The normalized spacial score (nSPS) is 21.4. The minimum absolute atomic E-state index is 0.0386. The number of carboxylic acids is 1. The summed E-state index contributed by atoms with van der Waals surface area (Å²) in [5.74, 6) is -2.85. The van der Waals surface area contributed by atoms with Crippen molar-refractivity contribution in [3.8, 4) is 0 Å². The largest absolute Gasteiger partial charge is 0.481 e. The number of carbonyl (C=O) groups is 2. The number of benzene rings is 1. The Morgan fingerprint density at radius 3 is 2.43 bits per heavy atom. The van der Waals surface area contributed by atoms with Crippen molar-refractivity contribution in [1.82, 2.24) is 4.90 Å². The highest BCUT2D eigenvalue weighted by atomic mass is 19.4. The highest BCUT2D eigenvalue weighted by Gasteiger charge is 2.40. The maximum atomic E-state index is 12.0. The summed E-state index contributed by atoms with van der Waals surface area (Å²) in [6.45, 7) is -2.11. The lowest BCUT2D eigenvalue weighted by atomic mass is 9.89. The van der Waals surface area contributed by atoms with Crippen LogP contribution in [0.4, 0.5) is 13.2 Å². The molecule has 1 aliphatic rings. The first-order valence-electron chi connectivity index (χ1n) is 6.98. The van der Waals surface area contributed by atoms with E-state index in [1.165, 1.54) is 4.90 Å². The number of halogens is 3. The zero-order valence-electron chi connectivity index (χ0n) is 12.1. The van der Waals surface area contributed by atoms with Crippen LogP contribution in [0.5, 0.6) is 0 Å². The Labute approximate surface area is 130 Å². The smallest absolute Gasteiger partial charge is 0.411 e. The monoisotopic (exact) mass is 331 g/mol. The van der Waals surface area contributed by atoms with Gasteiger partial charge in [-0.2, -0.15) is 13.2 Å². The zero-order chi connectivity index (χ0) is 17.0. The number of rotatable bonds is 5. The van der Waals surface area contributed by atoms with E-state index >= 15 is 0 Å². The maximum Gasteiger partial charge on any atom is 0.411 e. The number of nitrogens with zero attached hydrogens (tertiary/aromatic N) is 1. The van der Waals surface area contributed by atoms with E-state index in [0.717, 1.165) is 5.56 Å². The van der Waals surface area contributed by atoms with Crippen molar-refractivity contribution in [1.29, 1.82) is 0 Å². The van der Waals surface area contributed by atoms with E-state index in [1.807, 2.05) is 0 Å². The van der Waals surface area contributed by atoms with Gasteiger partial charge in [0.15, 0.2) is 0 Å². The molecule has 1 aromatic rings. The van der Waals surface area contributed by atoms with E-state index in [4.69, 9.17) is 0 Å². The molecule has 0 spiro atoms. The molecule has 2 rings (SSSR count). The summed E-state index contributed by atoms with van der Waals surface area (Å²) in [4.78, 5) is 24.5. The summed E-state index contributed by atoms with van der Waals surface area (Å²) in [5, 5.41) is 9.31. The third-order valence-electron chi connectivity index (χ3n) is 3.71. The Morgan fingerprint density at radius 2 is 1.87 bits per heavy atom. The predicted octanol–water partition coefficient (Wildman–Crippen LogP) is 1.89. The van der Waals surface area contributed by atoms with Gasteiger partial charge in [0.2, 0.25) is 5.91 Å². The number of carbonyl (C=O) groups excluding carboxylic acids is 1. The SMILES string of the molecule is O=C(O)C1CN(C(=O)COCC(F)(F)F)CC1c1ccccc1. The number of likely N-dealkylation sites (tertiary alicyclic amines) is 1. The van der Waals surface area contributed by atoms with Gasteiger partial charge in [0.1, 0.15) is 13.2 Å². The van der Waals surface area contributed by atoms with Gasteiger partial charge in [0.25, 0.3) is 0 Å². The highest BCUT2D eigenvalue weighted by Crippen LogP contribution is 2.32. The molecule has 2 unspecified atom stereocenters. The van der Waals surface area contributed by atoms with Gasteiger partial charge in [0, 0.05) is 19.0 Å². The van der Waals surface area contributed by atoms with Gasteiger partial charge < -0.3 is 14.7 Å². The summed E-state index contributed by atoms with van der Waals surface area (Å²) in [7, 11) is 0. The quantitative estimate of drug-likeness (QED) is 0.895. The Kier molecular flexibility index (Phi) is 5.25. The second kappa shape index (κ2) is 6.99. The van der Waals surface area contributed by atoms with E-state index in [9.17, 15) is 27.9 Å². The molecule has 1 N–H and O–H groups in total. The van der Waals surface area contributed by atoms with Gasteiger partial charge in [-0.15, -0.1) is 0 Å². The minimum Gasteiger partial charge on any atom is -0.481 e. The van der Waals surface area contributed by atoms with Crippen molar-refractivity contribution >= 4 is 11.9 Å². The second-order valence-electron chi connectivity index (χ2n) is 5.37. The second-order valence-corrected chi connectivity index (χ2v) is 5.37. The van der Waals surface area contributed by atoms with Crippen molar-refractivity contribution in [3.05, 3.63) is 35.9 Å². The Morgan fingerprint density at radius 1 is 1.22 bits per heavy atom. The van der Waals surface area contributed by atoms with Crippen molar-refractivity contribution in [2.24, 2.45) is 5.92 Å². The number of carboxylic acid groups (broad SMARTS) is 1. The Balaban J connectivity index is 2.00. The molecule has 8 heteroatoms. The molecule has 126 valence electrons. The van der Waals surface area contributed by atoms with Gasteiger partial charge in [-0.25, -0.2) is 0 Å². The molecule has 5 nitrogen and oxygen atoms in total. The number of ether oxygens (including phenoxy) is 1. The molecule has 1 aliphatic heterocycles. The summed E-state index contributed by atoms with van der Waals surface area (Å²) < 4.78 is 40.4. The van der Waals surface area contributed by atoms with Gasteiger partial charge >= 0.3 is 12.1 Å². The number of aliphatic carboxylic acids is 1. The maximum absolute atomic E-state index is 12.0.